The van der Waals surface area contributed by atoms with Crippen molar-refractivity contribution in [2.24, 2.45) is 0 Å². The fourth-order valence-corrected chi connectivity index (χ4v) is 3.52. The first-order valence-corrected chi connectivity index (χ1v) is 10.9. The van der Waals surface area contributed by atoms with Crippen molar-refractivity contribution in [3.63, 3.8) is 0 Å². The van der Waals surface area contributed by atoms with E-state index in [-0.39, 0.29) is 0 Å². The summed E-state index contributed by atoms with van der Waals surface area (Å²) in [5.74, 6) is 0. The average molecular weight is 331 g/mol. The Morgan fingerprint density at radius 2 is 1.21 bits per heavy atom. The molecule has 1 rings (SSSR count). The molecule has 1 aliphatic rings. The lowest BCUT2D eigenvalue weighted by Crippen LogP contribution is -1.86. The second kappa shape index (κ2) is 14.6. The molecular formula is C24H42. The lowest BCUT2D eigenvalue weighted by Gasteiger charge is -2.05. The van der Waals surface area contributed by atoms with Crippen molar-refractivity contribution >= 4 is 0 Å². The van der Waals surface area contributed by atoms with Crippen LogP contribution in [0.5, 0.6) is 0 Å². The van der Waals surface area contributed by atoms with E-state index in [1.807, 2.05) is 0 Å². The highest BCUT2D eigenvalue weighted by Gasteiger charge is 2.11. The molecule has 0 radical (unpaired) electrons. The van der Waals surface area contributed by atoms with Gasteiger partial charge in [-0.2, -0.15) is 0 Å². The van der Waals surface area contributed by atoms with Gasteiger partial charge in [-0.15, -0.1) is 0 Å². The Bertz CT molecular complexity index is 394. The molecule has 138 valence electrons. The fraction of sp³-hybridized carbons (Fsp3) is 0.750. The molecule has 24 heavy (non-hydrogen) atoms. The van der Waals surface area contributed by atoms with Crippen LogP contribution in [0, 0.1) is 0 Å². The summed E-state index contributed by atoms with van der Waals surface area (Å²) < 4.78 is 0. The van der Waals surface area contributed by atoms with E-state index in [0.717, 1.165) is 0 Å². The standard InChI is InChI=1S/C24H42/c1-4-7-10-13-16-19-24-21-22(17-14-11-8-5-2)20-23(24)18-15-12-9-6-3/h19-21H,4-18H2,1-3H3/b24-19-. The lowest BCUT2D eigenvalue weighted by molar-refractivity contribution is 0.663. The molecule has 0 bridgehead atoms. The Morgan fingerprint density at radius 1 is 0.625 bits per heavy atom. The highest BCUT2D eigenvalue weighted by molar-refractivity contribution is 5.52. The van der Waals surface area contributed by atoms with Crippen LogP contribution in [0.4, 0.5) is 0 Å². The van der Waals surface area contributed by atoms with Crippen molar-refractivity contribution in [1.29, 1.82) is 0 Å². The van der Waals surface area contributed by atoms with Crippen LogP contribution < -0.4 is 0 Å². The number of hydrogen-bond acceptors (Lipinski definition) is 0. The van der Waals surface area contributed by atoms with Gasteiger partial charge in [0, 0.05) is 0 Å². The van der Waals surface area contributed by atoms with Crippen LogP contribution >= 0.6 is 0 Å². The van der Waals surface area contributed by atoms with Crippen molar-refractivity contribution in [2.45, 2.75) is 117 Å². The largest absolute Gasteiger partial charge is 0.0770 e. The topological polar surface area (TPSA) is 0 Å². The molecule has 0 aromatic rings. The number of hydrogen-bond donors (Lipinski definition) is 0. The smallest absolute Gasteiger partial charge is 0.0262 e. The van der Waals surface area contributed by atoms with Crippen LogP contribution in [0.25, 0.3) is 0 Å². The van der Waals surface area contributed by atoms with Crippen molar-refractivity contribution in [1.82, 2.24) is 0 Å². The average Bonchev–Trinajstić information content (AvgIpc) is 2.97. The van der Waals surface area contributed by atoms with Crippen molar-refractivity contribution < 1.29 is 0 Å². The van der Waals surface area contributed by atoms with Crippen LogP contribution in [0.2, 0.25) is 0 Å². The number of allylic oxidation sites excluding steroid dienone is 6. The molecule has 0 amide bonds. The van der Waals surface area contributed by atoms with Gasteiger partial charge in [0.2, 0.25) is 0 Å². The summed E-state index contributed by atoms with van der Waals surface area (Å²) in [7, 11) is 0. The maximum Gasteiger partial charge on any atom is -0.0262 e. The molecule has 0 fully saturated rings. The molecule has 0 spiro atoms. The van der Waals surface area contributed by atoms with Gasteiger partial charge in [-0.3, -0.25) is 0 Å². The third-order valence-corrected chi connectivity index (χ3v) is 5.11. The Hall–Kier alpha value is -0.780. The van der Waals surface area contributed by atoms with Crippen LogP contribution in [-0.4, -0.2) is 0 Å². The second-order valence-corrected chi connectivity index (χ2v) is 7.52. The molecule has 0 nitrogen and oxygen atoms in total. The zero-order valence-corrected chi connectivity index (χ0v) is 16.8. The maximum absolute atomic E-state index is 2.53. The van der Waals surface area contributed by atoms with E-state index in [0.29, 0.717) is 0 Å². The Balaban J connectivity index is 2.48. The molecule has 0 aliphatic heterocycles. The maximum atomic E-state index is 2.53. The highest BCUT2D eigenvalue weighted by atomic mass is 14.2. The van der Waals surface area contributed by atoms with Crippen LogP contribution in [0.15, 0.2) is 34.9 Å². The lowest BCUT2D eigenvalue weighted by atomic mass is 10.0. The predicted octanol–water partition coefficient (Wildman–Crippen LogP) is 8.69. The minimum absolute atomic E-state index is 1.27. The first-order chi connectivity index (χ1) is 11.8. The molecule has 0 aromatic heterocycles. The van der Waals surface area contributed by atoms with Gasteiger partial charge in [0.1, 0.15) is 0 Å². The van der Waals surface area contributed by atoms with E-state index in [1.54, 1.807) is 16.7 Å². The Morgan fingerprint density at radius 3 is 1.83 bits per heavy atom. The van der Waals surface area contributed by atoms with Crippen LogP contribution in [-0.2, 0) is 0 Å². The third-order valence-electron chi connectivity index (χ3n) is 5.11. The summed E-state index contributed by atoms with van der Waals surface area (Å²) in [4.78, 5) is 0. The van der Waals surface area contributed by atoms with Crippen molar-refractivity contribution in [2.75, 3.05) is 0 Å². The van der Waals surface area contributed by atoms with Gasteiger partial charge in [-0.1, -0.05) is 96.8 Å². The summed E-state index contributed by atoms with van der Waals surface area (Å²) in [5.41, 5.74) is 4.79. The van der Waals surface area contributed by atoms with Gasteiger partial charge in [0.25, 0.3) is 0 Å². The van der Waals surface area contributed by atoms with Gasteiger partial charge in [-0.05, 0) is 55.2 Å². The first-order valence-electron chi connectivity index (χ1n) is 10.9. The number of rotatable bonds is 15. The monoisotopic (exact) mass is 330 g/mol. The molecule has 0 atom stereocenters. The summed E-state index contributed by atoms with van der Waals surface area (Å²) >= 11 is 0. The molecule has 0 N–H and O–H groups in total. The molecular weight excluding hydrogens is 288 g/mol. The molecule has 0 aromatic carbocycles. The number of unbranched alkanes of at least 4 members (excludes halogenated alkanes) is 10. The van der Waals surface area contributed by atoms with Crippen LogP contribution in [0.3, 0.4) is 0 Å². The summed E-state index contributed by atoms with van der Waals surface area (Å²) in [5, 5.41) is 0. The minimum atomic E-state index is 1.27. The SMILES string of the molecule is CCCCCC/C=C1/C=C(CCCCCC)C=C1CCCCCC. The second-order valence-electron chi connectivity index (χ2n) is 7.52. The summed E-state index contributed by atoms with van der Waals surface area (Å²) in [6.45, 7) is 6.88. The van der Waals surface area contributed by atoms with Crippen molar-refractivity contribution in [3.8, 4) is 0 Å². The minimum Gasteiger partial charge on any atom is -0.0770 e. The summed E-state index contributed by atoms with van der Waals surface area (Å²) in [6, 6.07) is 0. The van der Waals surface area contributed by atoms with Gasteiger partial charge in [0.15, 0.2) is 0 Å². The molecule has 0 heteroatoms. The zero-order valence-electron chi connectivity index (χ0n) is 16.8. The van der Waals surface area contributed by atoms with Crippen molar-refractivity contribution in [3.05, 3.63) is 34.9 Å². The van der Waals surface area contributed by atoms with E-state index in [4.69, 9.17) is 0 Å². The fourth-order valence-electron chi connectivity index (χ4n) is 3.52. The third kappa shape index (κ3) is 9.50. The van der Waals surface area contributed by atoms with E-state index < -0.39 is 0 Å². The van der Waals surface area contributed by atoms with E-state index >= 15 is 0 Å². The quantitative estimate of drug-likeness (QED) is 0.263. The van der Waals surface area contributed by atoms with Gasteiger partial charge < -0.3 is 0 Å². The predicted molar refractivity (Wildman–Crippen MR) is 111 cm³/mol. The molecule has 1 aliphatic carbocycles. The normalized spacial score (nSPS) is 15.9. The van der Waals surface area contributed by atoms with Gasteiger partial charge in [-0.25, -0.2) is 0 Å². The van der Waals surface area contributed by atoms with E-state index in [1.165, 1.54) is 96.3 Å². The Kier molecular flexibility index (Phi) is 12.9. The molecule has 0 saturated carbocycles. The molecule has 0 heterocycles. The molecule has 0 saturated heterocycles. The van der Waals surface area contributed by atoms with Crippen LogP contribution in [0.1, 0.15) is 117 Å². The van der Waals surface area contributed by atoms with E-state index in [9.17, 15) is 0 Å². The highest BCUT2D eigenvalue weighted by Crippen LogP contribution is 2.31. The Labute approximate surface area is 152 Å². The van der Waals surface area contributed by atoms with Gasteiger partial charge >= 0.3 is 0 Å². The van der Waals surface area contributed by atoms with E-state index in [2.05, 4.69) is 39.0 Å². The molecule has 0 unspecified atom stereocenters. The summed E-state index contributed by atoms with van der Waals surface area (Å²) in [6.07, 6.45) is 27.8. The van der Waals surface area contributed by atoms with Gasteiger partial charge in [0.05, 0.1) is 0 Å². The zero-order chi connectivity index (χ0) is 17.5. The first kappa shape index (κ1) is 21.3.